The predicted molar refractivity (Wildman–Crippen MR) is 117 cm³/mol. The van der Waals surface area contributed by atoms with Crippen molar-refractivity contribution >= 4 is 29.0 Å². The van der Waals surface area contributed by atoms with Gasteiger partial charge in [0.2, 0.25) is 0 Å². The maximum atomic E-state index is 12.7. The molecule has 2 heterocycles. The summed E-state index contributed by atoms with van der Waals surface area (Å²) in [5.41, 5.74) is 0.797. The highest BCUT2D eigenvalue weighted by Gasteiger charge is 2.18. The normalized spacial score (nSPS) is 10.4. The van der Waals surface area contributed by atoms with Gasteiger partial charge in [0.1, 0.15) is 17.4 Å². The van der Waals surface area contributed by atoms with Crippen molar-refractivity contribution in [3.8, 4) is 17.5 Å². The Labute approximate surface area is 191 Å². The number of halogens is 1. The summed E-state index contributed by atoms with van der Waals surface area (Å²) in [6.07, 6.45) is 2.89. The van der Waals surface area contributed by atoms with Crippen LogP contribution < -0.4 is 10.1 Å². The van der Waals surface area contributed by atoms with Crippen LogP contribution in [0.2, 0.25) is 5.02 Å². The van der Waals surface area contributed by atoms with Gasteiger partial charge in [-0.15, -0.1) is 0 Å². The van der Waals surface area contributed by atoms with E-state index in [2.05, 4.69) is 15.5 Å². The van der Waals surface area contributed by atoms with Crippen LogP contribution in [0.15, 0.2) is 67.0 Å². The Hall–Kier alpha value is -4.69. The molecule has 0 bridgehead atoms. The highest BCUT2D eigenvalue weighted by atomic mass is 35.5. The van der Waals surface area contributed by atoms with Gasteiger partial charge in [0, 0.05) is 18.3 Å². The standard InChI is InChI=1S/C21H14ClN7O4/c22-17-10-16(29(31)32)6-7-19(17)33-13-27-9-8-18(26-27)21(30)25-20-14(11-23)12-24-28(20)15-4-2-1-3-5-15/h1-10,12H,13H2,(H,25,30). The smallest absolute Gasteiger partial charge is 0.277 e. The van der Waals surface area contributed by atoms with Crippen LogP contribution in [0.1, 0.15) is 16.1 Å². The van der Waals surface area contributed by atoms with E-state index in [1.165, 1.54) is 46.0 Å². The number of para-hydroxylation sites is 1. The van der Waals surface area contributed by atoms with Gasteiger partial charge in [0.15, 0.2) is 18.2 Å². The number of nitro benzene ring substituents is 1. The van der Waals surface area contributed by atoms with Crippen LogP contribution in [-0.2, 0) is 6.73 Å². The van der Waals surface area contributed by atoms with Crippen molar-refractivity contribution in [3.05, 3.63) is 93.4 Å². The molecular weight excluding hydrogens is 450 g/mol. The SMILES string of the molecule is N#Cc1cnn(-c2ccccc2)c1NC(=O)c1ccn(COc2ccc([N+](=O)[O-])cc2Cl)n1. The molecule has 0 saturated heterocycles. The van der Waals surface area contributed by atoms with Gasteiger partial charge in [-0.2, -0.15) is 15.5 Å². The van der Waals surface area contributed by atoms with Gasteiger partial charge < -0.3 is 10.1 Å². The summed E-state index contributed by atoms with van der Waals surface area (Å²) in [5.74, 6) is -0.0948. The minimum Gasteiger partial charge on any atom is -0.470 e. The fourth-order valence-corrected chi connectivity index (χ4v) is 3.13. The number of nitriles is 1. The van der Waals surface area contributed by atoms with Gasteiger partial charge >= 0.3 is 0 Å². The second-order valence-corrected chi connectivity index (χ2v) is 7.01. The molecule has 0 fully saturated rings. The van der Waals surface area contributed by atoms with E-state index in [0.717, 1.165) is 0 Å². The average molecular weight is 464 g/mol. The largest absolute Gasteiger partial charge is 0.470 e. The third kappa shape index (κ3) is 4.65. The number of carbonyl (C=O) groups is 1. The van der Waals surface area contributed by atoms with Crippen LogP contribution in [-0.4, -0.2) is 30.4 Å². The number of benzene rings is 2. The molecule has 12 heteroatoms. The molecule has 33 heavy (non-hydrogen) atoms. The Morgan fingerprint density at radius 1 is 1.24 bits per heavy atom. The molecular formula is C21H14ClN7O4. The molecule has 0 unspecified atom stereocenters. The van der Waals surface area contributed by atoms with Crippen molar-refractivity contribution in [3.63, 3.8) is 0 Å². The first-order valence-electron chi connectivity index (χ1n) is 9.41. The molecule has 1 amide bonds. The van der Waals surface area contributed by atoms with E-state index >= 15 is 0 Å². The van der Waals surface area contributed by atoms with Crippen molar-refractivity contribution < 1.29 is 14.5 Å². The molecule has 0 atom stereocenters. The zero-order chi connectivity index (χ0) is 23.4. The van der Waals surface area contributed by atoms with Gasteiger partial charge in [-0.1, -0.05) is 29.8 Å². The minimum atomic E-state index is -0.560. The van der Waals surface area contributed by atoms with Gasteiger partial charge in [0.25, 0.3) is 11.6 Å². The zero-order valence-electron chi connectivity index (χ0n) is 16.8. The summed E-state index contributed by atoms with van der Waals surface area (Å²) in [5, 5.41) is 31.3. The molecule has 0 aliphatic carbocycles. The van der Waals surface area contributed by atoms with E-state index in [4.69, 9.17) is 16.3 Å². The average Bonchev–Trinajstić information content (AvgIpc) is 3.46. The summed E-state index contributed by atoms with van der Waals surface area (Å²) >= 11 is 6.01. The summed E-state index contributed by atoms with van der Waals surface area (Å²) in [6, 6.07) is 16.4. The molecule has 0 spiro atoms. The first-order valence-corrected chi connectivity index (χ1v) is 9.79. The number of amides is 1. The van der Waals surface area contributed by atoms with Crippen LogP contribution in [0, 0.1) is 21.4 Å². The van der Waals surface area contributed by atoms with Gasteiger partial charge in [-0.05, 0) is 24.3 Å². The van der Waals surface area contributed by atoms with Crippen molar-refractivity contribution in [2.75, 3.05) is 5.32 Å². The Morgan fingerprint density at radius 3 is 2.73 bits per heavy atom. The number of carbonyl (C=O) groups excluding carboxylic acids is 1. The minimum absolute atomic E-state index is 0.0764. The van der Waals surface area contributed by atoms with E-state index in [9.17, 15) is 20.2 Å². The summed E-state index contributed by atoms with van der Waals surface area (Å²) in [7, 11) is 0. The second-order valence-electron chi connectivity index (χ2n) is 6.61. The lowest BCUT2D eigenvalue weighted by molar-refractivity contribution is -0.384. The number of non-ortho nitro benzene ring substituents is 1. The first kappa shape index (κ1) is 21.5. The second kappa shape index (κ2) is 9.21. The molecule has 164 valence electrons. The molecule has 0 aliphatic rings. The summed E-state index contributed by atoms with van der Waals surface area (Å²) in [4.78, 5) is 23.0. The Bertz CT molecular complexity index is 1380. The molecule has 11 nitrogen and oxygen atoms in total. The maximum Gasteiger partial charge on any atom is 0.277 e. The maximum absolute atomic E-state index is 12.7. The molecule has 0 aliphatic heterocycles. The van der Waals surface area contributed by atoms with Crippen molar-refractivity contribution in [2.45, 2.75) is 6.73 Å². The Kier molecular flexibility index (Phi) is 6.01. The number of nitro groups is 1. The zero-order valence-corrected chi connectivity index (χ0v) is 17.5. The third-order valence-electron chi connectivity index (χ3n) is 4.47. The fraction of sp³-hybridized carbons (Fsp3) is 0.0476. The lowest BCUT2D eigenvalue weighted by Crippen LogP contribution is -2.17. The van der Waals surface area contributed by atoms with Crippen LogP contribution in [0.25, 0.3) is 5.69 Å². The number of ether oxygens (including phenoxy) is 1. The Morgan fingerprint density at radius 2 is 2.03 bits per heavy atom. The van der Waals surface area contributed by atoms with Gasteiger partial charge in [-0.3, -0.25) is 14.9 Å². The topological polar surface area (TPSA) is 141 Å². The van der Waals surface area contributed by atoms with Crippen molar-refractivity contribution in [2.24, 2.45) is 0 Å². The predicted octanol–water partition coefficient (Wildman–Crippen LogP) is 3.79. The lowest BCUT2D eigenvalue weighted by atomic mass is 10.3. The van der Waals surface area contributed by atoms with Crippen molar-refractivity contribution in [1.29, 1.82) is 5.26 Å². The number of rotatable bonds is 7. The fourth-order valence-electron chi connectivity index (χ4n) is 2.90. The Balaban J connectivity index is 1.47. The van der Waals surface area contributed by atoms with Crippen molar-refractivity contribution in [1.82, 2.24) is 19.6 Å². The van der Waals surface area contributed by atoms with E-state index in [1.807, 2.05) is 24.3 Å². The molecule has 4 aromatic rings. The highest BCUT2D eigenvalue weighted by molar-refractivity contribution is 6.32. The van der Waals surface area contributed by atoms with E-state index in [1.54, 1.807) is 12.1 Å². The highest BCUT2D eigenvalue weighted by Crippen LogP contribution is 2.28. The van der Waals surface area contributed by atoms with Gasteiger partial charge in [-0.25, -0.2) is 9.36 Å². The quantitative estimate of drug-likeness (QED) is 0.324. The molecule has 2 aromatic carbocycles. The monoisotopic (exact) mass is 463 g/mol. The number of anilines is 1. The molecule has 2 aromatic heterocycles. The number of hydrogen-bond donors (Lipinski definition) is 1. The van der Waals surface area contributed by atoms with Crippen LogP contribution in [0.5, 0.6) is 5.75 Å². The number of aromatic nitrogens is 4. The first-order chi connectivity index (χ1) is 16.0. The number of nitrogens with zero attached hydrogens (tertiary/aromatic N) is 6. The van der Waals surface area contributed by atoms with Gasteiger partial charge in [0.05, 0.1) is 21.8 Å². The van der Waals surface area contributed by atoms with E-state index in [-0.39, 0.29) is 40.3 Å². The third-order valence-corrected chi connectivity index (χ3v) is 4.77. The van der Waals surface area contributed by atoms with Crippen LogP contribution in [0.4, 0.5) is 11.5 Å². The lowest BCUT2D eigenvalue weighted by Gasteiger charge is -2.09. The number of nitrogens with one attached hydrogen (secondary N) is 1. The molecule has 0 saturated carbocycles. The van der Waals surface area contributed by atoms with Crippen LogP contribution in [0.3, 0.4) is 0 Å². The van der Waals surface area contributed by atoms with Crippen LogP contribution >= 0.6 is 11.6 Å². The molecule has 4 rings (SSSR count). The molecule has 0 radical (unpaired) electrons. The molecule has 1 N–H and O–H groups in total. The summed E-state index contributed by atoms with van der Waals surface area (Å²) in [6.45, 7) is -0.0871. The van der Waals surface area contributed by atoms with E-state index < -0.39 is 10.8 Å². The summed E-state index contributed by atoms with van der Waals surface area (Å²) < 4.78 is 8.33. The number of hydrogen-bond acceptors (Lipinski definition) is 7. The van der Waals surface area contributed by atoms with E-state index in [0.29, 0.717) is 5.69 Å².